The van der Waals surface area contributed by atoms with Gasteiger partial charge in [0.2, 0.25) is 5.91 Å². The predicted molar refractivity (Wildman–Crippen MR) is 119 cm³/mol. The zero-order chi connectivity index (χ0) is 21.5. The molecule has 1 saturated heterocycles. The van der Waals surface area contributed by atoms with Crippen molar-refractivity contribution in [2.24, 2.45) is 5.92 Å². The standard InChI is InChI=1S/C25H32N2O3/c1-18(2)26-25(29)21-10-12-23(13-11-21)30-17-20-8-6-14-27(16-20)24(28)15-22-9-5-4-7-19(22)3/h4-5,7,9-13,18,20H,6,8,14-17H2,1-3H3,(H,26,29). The van der Waals surface area contributed by atoms with Gasteiger partial charge in [-0.15, -0.1) is 0 Å². The maximum absolute atomic E-state index is 12.8. The third-order valence-corrected chi connectivity index (χ3v) is 5.50. The van der Waals surface area contributed by atoms with E-state index >= 15 is 0 Å². The van der Waals surface area contributed by atoms with E-state index in [1.54, 1.807) is 12.1 Å². The summed E-state index contributed by atoms with van der Waals surface area (Å²) < 4.78 is 5.96. The monoisotopic (exact) mass is 408 g/mol. The minimum Gasteiger partial charge on any atom is -0.493 e. The minimum atomic E-state index is -0.0772. The van der Waals surface area contributed by atoms with E-state index < -0.39 is 0 Å². The van der Waals surface area contributed by atoms with Crippen LogP contribution in [0, 0.1) is 12.8 Å². The first-order valence-electron chi connectivity index (χ1n) is 10.8. The molecular formula is C25H32N2O3. The van der Waals surface area contributed by atoms with Crippen molar-refractivity contribution in [1.82, 2.24) is 10.2 Å². The Morgan fingerprint density at radius 1 is 1.13 bits per heavy atom. The largest absolute Gasteiger partial charge is 0.493 e. The van der Waals surface area contributed by atoms with Crippen molar-refractivity contribution < 1.29 is 14.3 Å². The number of hydrogen-bond acceptors (Lipinski definition) is 3. The molecule has 1 unspecified atom stereocenters. The Morgan fingerprint density at radius 2 is 1.87 bits per heavy atom. The number of benzene rings is 2. The molecule has 30 heavy (non-hydrogen) atoms. The summed E-state index contributed by atoms with van der Waals surface area (Å²) in [5.41, 5.74) is 2.89. The summed E-state index contributed by atoms with van der Waals surface area (Å²) >= 11 is 0. The van der Waals surface area contributed by atoms with Gasteiger partial charge in [0, 0.05) is 30.6 Å². The van der Waals surface area contributed by atoms with Crippen molar-refractivity contribution in [1.29, 1.82) is 0 Å². The normalized spacial score (nSPS) is 16.4. The fourth-order valence-electron chi connectivity index (χ4n) is 3.77. The van der Waals surface area contributed by atoms with Crippen LogP contribution in [-0.2, 0) is 11.2 Å². The molecule has 2 aromatic carbocycles. The number of nitrogens with one attached hydrogen (secondary N) is 1. The molecular weight excluding hydrogens is 376 g/mol. The van der Waals surface area contributed by atoms with Gasteiger partial charge in [-0.3, -0.25) is 9.59 Å². The van der Waals surface area contributed by atoms with Crippen LogP contribution in [0.15, 0.2) is 48.5 Å². The summed E-state index contributed by atoms with van der Waals surface area (Å²) in [6.45, 7) is 8.06. The summed E-state index contributed by atoms with van der Waals surface area (Å²) in [6, 6.07) is 15.4. The van der Waals surface area contributed by atoms with Crippen LogP contribution in [0.2, 0.25) is 0 Å². The fourth-order valence-corrected chi connectivity index (χ4v) is 3.77. The number of carbonyl (C=O) groups excluding carboxylic acids is 2. The number of carbonyl (C=O) groups is 2. The van der Waals surface area contributed by atoms with Gasteiger partial charge in [-0.2, -0.15) is 0 Å². The van der Waals surface area contributed by atoms with Gasteiger partial charge in [-0.05, 0) is 69.0 Å². The van der Waals surface area contributed by atoms with Crippen LogP contribution in [0.3, 0.4) is 0 Å². The number of likely N-dealkylation sites (tertiary alicyclic amines) is 1. The lowest BCUT2D eigenvalue weighted by Crippen LogP contribution is -2.42. The van der Waals surface area contributed by atoms with E-state index in [1.807, 2.05) is 62.1 Å². The van der Waals surface area contributed by atoms with Crippen molar-refractivity contribution in [2.75, 3.05) is 19.7 Å². The van der Waals surface area contributed by atoms with Gasteiger partial charge in [-0.1, -0.05) is 24.3 Å². The van der Waals surface area contributed by atoms with Crippen LogP contribution >= 0.6 is 0 Å². The summed E-state index contributed by atoms with van der Waals surface area (Å²) in [5.74, 6) is 1.18. The maximum atomic E-state index is 12.8. The van der Waals surface area contributed by atoms with Crippen molar-refractivity contribution in [3.63, 3.8) is 0 Å². The lowest BCUT2D eigenvalue weighted by molar-refractivity contribution is -0.132. The highest BCUT2D eigenvalue weighted by Crippen LogP contribution is 2.21. The molecule has 2 amide bonds. The maximum Gasteiger partial charge on any atom is 0.251 e. The Labute approximate surface area is 179 Å². The topological polar surface area (TPSA) is 58.6 Å². The second kappa shape index (κ2) is 10.3. The molecule has 0 aliphatic carbocycles. The lowest BCUT2D eigenvalue weighted by atomic mass is 9.97. The first kappa shape index (κ1) is 21.9. The third-order valence-electron chi connectivity index (χ3n) is 5.50. The van der Waals surface area contributed by atoms with Gasteiger partial charge in [0.1, 0.15) is 5.75 Å². The molecule has 0 spiro atoms. The number of amides is 2. The molecule has 1 aliphatic heterocycles. The van der Waals surface area contributed by atoms with Gasteiger partial charge in [0.25, 0.3) is 5.91 Å². The lowest BCUT2D eigenvalue weighted by Gasteiger charge is -2.33. The molecule has 2 aromatic rings. The van der Waals surface area contributed by atoms with E-state index in [2.05, 4.69) is 5.32 Å². The summed E-state index contributed by atoms with van der Waals surface area (Å²) in [4.78, 5) is 26.8. The molecule has 160 valence electrons. The zero-order valence-corrected chi connectivity index (χ0v) is 18.2. The van der Waals surface area contributed by atoms with E-state index in [4.69, 9.17) is 4.74 Å². The van der Waals surface area contributed by atoms with Gasteiger partial charge in [-0.25, -0.2) is 0 Å². The number of rotatable bonds is 7. The second-order valence-corrected chi connectivity index (χ2v) is 8.41. The first-order chi connectivity index (χ1) is 14.4. The Bertz CT molecular complexity index is 861. The highest BCUT2D eigenvalue weighted by Gasteiger charge is 2.24. The summed E-state index contributed by atoms with van der Waals surface area (Å²) in [7, 11) is 0. The molecule has 3 rings (SSSR count). The molecule has 0 bridgehead atoms. The molecule has 0 saturated carbocycles. The van der Waals surface area contributed by atoms with E-state index in [1.165, 1.54) is 0 Å². The van der Waals surface area contributed by atoms with Crippen LogP contribution in [0.1, 0.15) is 48.2 Å². The van der Waals surface area contributed by atoms with Crippen LogP contribution in [-0.4, -0.2) is 42.5 Å². The van der Waals surface area contributed by atoms with Crippen molar-refractivity contribution >= 4 is 11.8 Å². The average molecular weight is 409 g/mol. The Kier molecular flexibility index (Phi) is 7.50. The van der Waals surface area contributed by atoms with Gasteiger partial charge in [0.05, 0.1) is 13.0 Å². The predicted octanol–water partition coefficient (Wildman–Crippen LogP) is 3.99. The summed E-state index contributed by atoms with van der Waals surface area (Å²) in [6.07, 6.45) is 2.52. The van der Waals surface area contributed by atoms with E-state index in [0.717, 1.165) is 42.8 Å². The van der Waals surface area contributed by atoms with Crippen molar-refractivity contribution in [2.45, 2.75) is 46.1 Å². The van der Waals surface area contributed by atoms with Gasteiger partial charge >= 0.3 is 0 Å². The fraction of sp³-hybridized carbons (Fsp3) is 0.440. The Balaban J connectivity index is 1.49. The first-order valence-corrected chi connectivity index (χ1v) is 10.8. The van der Waals surface area contributed by atoms with Gasteiger partial charge in [0.15, 0.2) is 0 Å². The van der Waals surface area contributed by atoms with Crippen molar-refractivity contribution in [3.05, 3.63) is 65.2 Å². The molecule has 5 heteroatoms. The van der Waals surface area contributed by atoms with Gasteiger partial charge < -0.3 is 15.0 Å². The SMILES string of the molecule is Cc1ccccc1CC(=O)N1CCCC(COc2ccc(C(=O)NC(C)C)cc2)C1. The molecule has 0 radical (unpaired) electrons. The molecule has 1 atom stereocenters. The number of piperidine rings is 1. The quantitative estimate of drug-likeness (QED) is 0.754. The highest BCUT2D eigenvalue weighted by molar-refractivity contribution is 5.94. The number of nitrogens with zero attached hydrogens (tertiary/aromatic N) is 1. The van der Waals surface area contributed by atoms with Crippen molar-refractivity contribution in [3.8, 4) is 5.75 Å². The Hall–Kier alpha value is -2.82. The number of ether oxygens (including phenoxy) is 1. The summed E-state index contributed by atoms with van der Waals surface area (Å²) in [5, 5.41) is 2.88. The van der Waals surface area contributed by atoms with Crippen LogP contribution < -0.4 is 10.1 Å². The average Bonchev–Trinajstić information content (AvgIpc) is 2.74. The molecule has 1 fully saturated rings. The third kappa shape index (κ3) is 6.09. The smallest absolute Gasteiger partial charge is 0.251 e. The minimum absolute atomic E-state index is 0.0772. The van der Waals surface area contributed by atoms with Crippen LogP contribution in [0.4, 0.5) is 0 Å². The molecule has 5 nitrogen and oxygen atoms in total. The Morgan fingerprint density at radius 3 is 2.57 bits per heavy atom. The number of hydrogen-bond donors (Lipinski definition) is 1. The van der Waals surface area contributed by atoms with E-state index in [-0.39, 0.29) is 17.9 Å². The van der Waals surface area contributed by atoms with E-state index in [9.17, 15) is 9.59 Å². The molecule has 0 aromatic heterocycles. The molecule has 1 N–H and O–H groups in total. The van der Waals surface area contributed by atoms with Crippen LogP contribution in [0.5, 0.6) is 5.75 Å². The highest BCUT2D eigenvalue weighted by atomic mass is 16.5. The molecule has 1 heterocycles. The van der Waals surface area contributed by atoms with Crippen LogP contribution in [0.25, 0.3) is 0 Å². The zero-order valence-electron chi connectivity index (χ0n) is 18.2. The number of aryl methyl sites for hydroxylation is 1. The molecule has 1 aliphatic rings. The second-order valence-electron chi connectivity index (χ2n) is 8.41. The van der Waals surface area contributed by atoms with E-state index in [0.29, 0.717) is 24.5 Å².